The van der Waals surface area contributed by atoms with Crippen LogP contribution in [-0.2, 0) is 0 Å². The van der Waals surface area contributed by atoms with Crippen molar-refractivity contribution in [2.45, 2.75) is 5.54 Å². The summed E-state index contributed by atoms with van der Waals surface area (Å²) in [5, 5.41) is 12.6. The highest BCUT2D eigenvalue weighted by atomic mass is 31.2. The van der Waals surface area contributed by atoms with Crippen molar-refractivity contribution in [3.05, 3.63) is 157 Å². The first-order valence-corrected chi connectivity index (χ1v) is 15.2. The zero-order chi connectivity index (χ0) is 27.9. The Hall–Kier alpha value is -4.99. The van der Waals surface area contributed by atoms with Crippen molar-refractivity contribution in [3.63, 3.8) is 0 Å². The number of aliphatic imine (C=N–C) groups is 1. The molecule has 0 radical (unpaired) electrons. The van der Waals surface area contributed by atoms with Gasteiger partial charge in [0, 0.05) is 18.0 Å². The third-order valence-electron chi connectivity index (χ3n) is 7.67. The molecule has 1 aliphatic heterocycles. The third-order valence-corrected chi connectivity index (χ3v) is 11.8. The van der Waals surface area contributed by atoms with E-state index in [1.807, 2.05) is 84.9 Å². The Morgan fingerprint density at radius 3 is 1.34 bits per heavy atom. The Morgan fingerprint density at radius 1 is 0.512 bits per heavy atom. The number of azo groups is 1. The second kappa shape index (κ2) is 9.88. The summed E-state index contributed by atoms with van der Waals surface area (Å²) in [7, 11) is 0. The van der Waals surface area contributed by atoms with Crippen LogP contribution < -0.4 is 15.9 Å². The summed E-state index contributed by atoms with van der Waals surface area (Å²) in [4.78, 5) is 33.6. The molecule has 5 nitrogen and oxygen atoms in total. The molecule has 0 saturated carbocycles. The number of Topliss-reactive ketones (excluding diaryl/α,β-unsaturated/α-hetero) is 2. The van der Waals surface area contributed by atoms with Crippen molar-refractivity contribution < 1.29 is 9.59 Å². The number of hydrogen-bond donors (Lipinski definition) is 0. The van der Waals surface area contributed by atoms with Crippen molar-refractivity contribution >= 4 is 51.2 Å². The van der Waals surface area contributed by atoms with Crippen LogP contribution in [0.4, 0.5) is 5.69 Å². The number of fused-ring (bicyclic) bond motifs is 1. The molecule has 1 heterocycles. The molecule has 7 rings (SSSR count). The monoisotopic (exact) mass is 549 g/mol. The minimum Gasteiger partial charge on any atom is -0.290 e. The maximum atomic E-state index is 14.3. The van der Waals surface area contributed by atoms with Crippen LogP contribution in [0.1, 0.15) is 20.7 Å². The first kappa shape index (κ1) is 25.0. The third kappa shape index (κ3) is 3.67. The number of ketones is 2. The fourth-order valence-electron chi connectivity index (χ4n) is 5.81. The number of hydrogen-bond acceptors (Lipinski definition) is 4. The van der Waals surface area contributed by atoms with E-state index in [2.05, 4.69) is 41.5 Å². The SMILES string of the molecule is O=C1c2ccccc2C(=O)C12N=NC(=P(c1ccccc1)(c1ccccc1)c1ccccc1)C2=Nc1ccccc1. The van der Waals surface area contributed by atoms with Crippen molar-refractivity contribution in [1.82, 2.24) is 0 Å². The first-order chi connectivity index (χ1) is 20.2. The molecule has 1 spiro atoms. The molecule has 2 aliphatic rings. The lowest BCUT2D eigenvalue weighted by atomic mass is 9.89. The van der Waals surface area contributed by atoms with Crippen LogP contribution in [0, 0.1) is 0 Å². The van der Waals surface area contributed by atoms with E-state index in [-0.39, 0.29) is 11.6 Å². The average molecular weight is 550 g/mol. The fraction of sp³-hybridized carbons (Fsp3) is 0.0286. The van der Waals surface area contributed by atoms with Crippen molar-refractivity contribution in [2.24, 2.45) is 15.2 Å². The van der Waals surface area contributed by atoms with Gasteiger partial charge in [-0.1, -0.05) is 133 Å². The van der Waals surface area contributed by atoms with Gasteiger partial charge in [0.2, 0.25) is 11.6 Å². The van der Waals surface area contributed by atoms with Gasteiger partial charge in [0.1, 0.15) is 11.1 Å². The molecule has 0 N–H and O–H groups in total. The summed E-state index contributed by atoms with van der Waals surface area (Å²) in [6.07, 6.45) is 0. The predicted octanol–water partition coefficient (Wildman–Crippen LogP) is 6.17. The van der Waals surface area contributed by atoms with E-state index in [1.54, 1.807) is 24.3 Å². The fourth-order valence-corrected chi connectivity index (χ4v) is 10.0. The summed E-state index contributed by atoms with van der Waals surface area (Å²) in [6.45, 7) is -2.80. The van der Waals surface area contributed by atoms with Gasteiger partial charge in [0.15, 0.2) is 0 Å². The Morgan fingerprint density at radius 2 is 0.902 bits per heavy atom. The van der Waals surface area contributed by atoms with E-state index in [4.69, 9.17) is 10.1 Å². The summed E-state index contributed by atoms with van der Waals surface area (Å²) in [5.74, 6) is -0.780. The maximum absolute atomic E-state index is 14.3. The largest absolute Gasteiger partial charge is 0.290 e. The highest BCUT2D eigenvalue weighted by Gasteiger charge is 2.62. The van der Waals surface area contributed by atoms with E-state index in [0.29, 0.717) is 27.9 Å². The molecule has 5 aromatic rings. The van der Waals surface area contributed by atoms with Crippen molar-refractivity contribution in [3.8, 4) is 0 Å². The lowest BCUT2D eigenvalue weighted by Gasteiger charge is -2.31. The topological polar surface area (TPSA) is 71.2 Å². The zero-order valence-electron chi connectivity index (χ0n) is 22.0. The van der Waals surface area contributed by atoms with Crippen LogP contribution in [0.3, 0.4) is 0 Å². The van der Waals surface area contributed by atoms with Crippen LogP contribution in [-0.4, -0.2) is 28.2 Å². The van der Waals surface area contributed by atoms with Gasteiger partial charge < -0.3 is 0 Å². The summed E-state index contributed by atoms with van der Waals surface area (Å²) >= 11 is 0. The van der Waals surface area contributed by atoms with Gasteiger partial charge in [-0.15, -0.1) is 0 Å². The van der Waals surface area contributed by atoms with Crippen LogP contribution in [0.15, 0.2) is 161 Å². The first-order valence-electron chi connectivity index (χ1n) is 13.4. The zero-order valence-corrected chi connectivity index (χ0v) is 22.9. The smallest absolute Gasteiger partial charge is 0.250 e. The Labute approximate surface area is 237 Å². The molecule has 6 heteroatoms. The van der Waals surface area contributed by atoms with E-state index in [0.717, 1.165) is 15.9 Å². The van der Waals surface area contributed by atoms with Crippen LogP contribution in [0.2, 0.25) is 0 Å². The van der Waals surface area contributed by atoms with E-state index < -0.39 is 12.4 Å². The summed E-state index contributed by atoms with van der Waals surface area (Å²) in [6, 6.07) is 46.9. The molecule has 41 heavy (non-hydrogen) atoms. The van der Waals surface area contributed by atoms with Gasteiger partial charge in [0.05, 0.1) is 5.69 Å². The van der Waals surface area contributed by atoms with Gasteiger partial charge in [-0.05, 0) is 28.0 Å². The lowest BCUT2D eigenvalue weighted by molar-refractivity contribution is 0.0857. The molecule has 5 aromatic carbocycles. The molecule has 0 atom stereocenters. The number of carbonyl (C=O) groups is 2. The minimum absolute atomic E-state index is 0.291. The number of para-hydroxylation sites is 1. The van der Waals surface area contributed by atoms with Crippen molar-refractivity contribution in [2.75, 3.05) is 0 Å². The molecule has 0 bridgehead atoms. The van der Waals surface area contributed by atoms with Gasteiger partial charge in [-0.25, -0.2) is 4.99 Å². The van der Waals surface area contributed by atoms with Gasteiger partial charge in [0.25, 0.3) is 5.54 Å². The van der Waals surface area contributed by atoms with Gasteiger partial charge >= 0.3 is 0 Å². The molecule has 1 aliphatic carbocycles. The summed E-state index contributed by atoms with van der Waals surface area (Å²) < 4.78 is 0. The van der Waals surface area contributed by atoms with Gasteiger partial charge in [-0.2, -0.15) is 10.2 Å². The van der Waals surface area contributed by atoms with Gasteiger partial charge in [-0.3, -0.25) is 9.59 Å². The predicted molar refractivity (Wildman–Crippen MR) is 166 cm³/mol. The number of rotatable bonds is 4. The quantitative estimate of drug-likeness (QED) is 0.199. The Bertz CT molecular complexity index is 1780. The molecule has 0 fully saturated rings. The Balaban J connectivity index is 1.67. The molecule has 196 valence electrons. The molecular weight excluding hydrogens is 525 g/mol. The van der Waals surface area contributed by atoms with Crippen molar-refractivity contribution in [1.29, 1.82) is 0 Å². The van der Waals surface area contributed by atoms with Crippen LogP contribution >= 0.6 is 6.89 Å². The Kier molecular flexibility index (Phi) is 6.03. The summed E-state index contributed by atoms with van der Waals surface area (Å²) in [5.41, 5.74) is 0.288. The highest BCUT2D eigenvalue weighted by Crippen LogP contribution is 2.51. The molecular formula is C35H24N3O2P. The standard InChI is InChI=1S/C35H24N3O2P/c39-32-29-23-13-14-24-30(29)33(40)35(32)31(36-25-15-5-1-6-16-25)34(37-38-35)41(26-17-7-2-8-18-26,27-19-9-3-10-20-27)28-21-11-4-12-22-28/h1-24H. The van der Waals surface area contributed by atoms with E-state index >= 15 is 0 Å². The highest BCUT2D eigenvalue weighted by molar-refractivity contribution is 7.96. The van der Waals surface area contributed by atoms with Crippen LogP contribution in [0.5, 0.6) is 0 Å². The average Bonchev–Trinajstić information content (AvgIpc) is 3.52. The van der Waals surface area contributed by atoms with E-state index in [1.165, 1.54) is 0 Å². The van der Waals surface area contributed by atoms with Crippen LogP contribution in [0.25, 0.3) is 0 Å². The molecule has 0 amide bonds. The minimum atomic E-state index is -2.80. The number of nitrogens with zero attached hydrogens (tertiary/aromatic N) is 3. The maximum Gasteiger partial charge on any atom is 0.250 e. The normalized spacial score (nSPS) is 16.5. The number of carbonyl (C=O) groups excluding carboxylic acids is 2. The lowest BCUT2D eigenvalue weighted by Crippen LogP contribution is -2.48. The van der Waals surface area contributed by atoms with E-state index in [9.17, 15) is 9.59 Å². The second-order valence-corrected chi connectivity index (χ2v) is 13.2. The molecule has 0 aromatic heterocycles. The molecule has 0 unspecified atom stereocenters. The number of benzene rings is 5. The molecule has 0 saturated heterocycles. The second-order valence-electron chi connectivity index (χ2n) is 9.91.